The maximum atomic E-state index is 2.76. The van der Waals surface area contributed by atoms with Crippen molar-refractivity contribution in [2.75, 3.05) is 17.5 Å². The number of likely N-dealkylation sites (tertiary alicyclic amines) is 1. The molecular formula is C11H20IN. The fourth-order valence-corrected chi connectivity index (χ4v) is 3.73. The van der Waals surface area contributed by atoms with Crippen LogP contribution in [0.4, 0.5) is 0 Å². The predicted octanol–water partition coefficient (Wildman–Crippen LogP) is 3.08. The Labute approximate surface area is 95.4 Å². The van der Waals surface area contributed by atoms with E-state index in [4.69, 9.17) is 0 Å². The van der Waals surface area contributed by atoms with Crippen LogP contribution in [0.5, 0.6) is 0 Å². The van der Waals surface area contributed by atoms with E-state index < -0.39 is 0 Å². The fraction of sp³-hybridized carbons (Fsp3) is 1.00. The van der Waals surface area contributed by atoms with E-state index in [0.717, 1.165) is 12.0 Å². The van der Waals surface area contributed by atoms with Crippen molar-refractivity contribution in [3.8, 4) is 0 Å². The molecule has 0 bridgehead atoms. The number of rotatable bonds is 2. The molecule has 0 aromatic rings. The van der Waals surface area contributed by atoms with E-state index in [-0.39, 0.29) is 0 Å². The van der Waals surface area contributed by atoms with Crippen molar-refractivity contribution in [2.24, 2.45) is 5.92 Å². The average molecular weight is 293 g/mol. The van der Waals surface area contributed by atoms with Crippen LogP contribution >= 0.6 is 22.6 Å². The van der Waals surface area contributed by atoms with Crippen molar-refractivity contribution in [3.05, 3.63) is 0 Å². The lowest BCUT2D eigenvalue weighted by Crippen LogP contribution is -2.47. The molecule has 0 aromatic carbocycles. The predicted molar refractivity (Wildman–Crippen MR) is 65.4 cm³/mol. The van der Waals surface area contributed by atoms with Crippen LogP contribution in [0.3, 0.4) is 0 Å². The first-order valence-corrected chi connectivity index (χ1v) is 7.24. The van der Waals surface area contributed by atoms with Crippen LogP contribution in [0.25, 0.3) is 0 Å². The molecule has 1 aliphatic carbocycles. The Kier molecular flexibility index (Phi) is 3.90. The maximum Gasteiger partial charge on any atom is 0.0124 e. The minimum absolute atomic E-state index is 0.970. The van der Waals surface area contributed by atoms with Crippen LogP contribution in [0.2, 0.25) is 0 Å². The van der Waals surface area contributed by atoms with Gasteiger partial charge in [0.05, 0.1) is 0 Å². The second-order valence-electron chi connectivity index (χ2n) is 4.48. The summed E-state index contributed by atoms with van der Waals surface area (Å²) in [5, 5.41) is 0. The summed E-state index contributed by atoms with van der Waals surface area (Å²) in [7, 11) is 0. The lowest BCUT2D eigenvalue weighted by molar-refractivity contribution is 0.0672. The molecule has 13 heavy (non-hydrogen) atoms. The topological polar surface area (TPSA) is 3.24 Å². The van der Waals surface area contributed by atoms with E-state index in [1.807, 2.05) is 0 Å². The van der Waals surface area contributed by atoms with Crippen LogP contribution < -0.4 is 0 Å². The Morgan fingerprint density at radius 3 is 2.69 bits per heavy atom. The molecule has 2 atom stereocenters. The molecule has 2 heteroatoms. The van der Waals surface area contributed by atoms with Gasteiger partial charge < -0.3 is 0 Å². The van der Waals surface area contributed by atoms with Gasteiger partial charge in [0, 0.05) is 17.0 Å². The highest BCUT2D eigenvalue weighted by Crippen LogP contribution is 2.34. The quantitative estimate of drug-likeness (QED) is 0.558. The molecule has 0 amide bonds. The van der Waals surface area contributed by atoms with Gasteiger partial charge in [-0.1, -0.05) is 35.4 Å². The molecule has 2 rings (SSSR count). The summed E-state index contributed by atoms with van der Waals surface area (Å²) in [4.78, 5) is 2.76. The van der Waals surface area contributed by atoms with Crippen molar-refractivity contribution in [2.45, 2.75) is 44.6 Å². The molecule has 1 aliphatic heterocycles. The monoisotopic (exact) mass is 293 g/mol. The van der Waals surface area contributed by atoms with Crippen LogP contribution in [0.15, 0.2) is 0 Å². The highest BCUT2D eigenvalue weighted by Gasteiger charge is 2.32. The van der Waals surface area contributed by atoms with Crippen molar-refractivity contribution < 1.29 is 0 Å². The van der Waals surface area contributed by atoms with Crippen LogP contribution in [0, 0.1) is 5.92 Å². The second kappa shape index (κ2) is 4.96. The van der Waals surface area contributed by atoms with E-state index in [2.05, 4.69) is 27.5 Å². The molecular weight excluding hydrogens is 273 g/mol. The number of hydrogen-bond acceptors (Lipinski definition) is 1. The number of halogens is 1. The van der Waals surface area contributed by atoms with Gasteiger partial charge in [0.15, 0.2) is 0 Å². The van der Waals surface area contributed by atoms with Crippen LogP contribution in [-0.4, -0.2) is 28.5 Å². The lowest BCUT2D eigenvalue weighted by atomic mass is 9.78. The highest BCUT2D eigenvalue weighted by atomic mass is 127. The highest BCUT2D eigenvalue weighted by molar-refractivity contribution is 14.1. The van der Waals surface area contributed by atoms with Gasteiger partial charge in [-0.05, 0) is 38.1 Å². The summed E-state index contributed by atoms with van der Waals surface area (Å²) in [5.41, 5.74) is 0. The third-order valence-electron chi connectivity index (χ3n) is 3.73. The number of fused-ring (bicyclic) bond motifs is 1. The Bertz CT molecular complexity index is 156. The molecule has 1 saturated heterocycles. The molecule has 2 fully saturated rings. The first-order chi connectivity index (χ1) is 6.42. The average Bonchev–Trinajstić information content (AvgIpc) is 2.19. The van der Waals surface area contributed by atoms with E-state index in [9.17, 15) is 0 Å². The molecule has 0 N–H and O–H groups in total. The van der Waals surface area contributed by atoms with Gasteiger partial charge in [-0.3, -0.25) is 4.90 Å². The molecule has 0 spiro atoms. The first-order valence-electron chi connectivity index (χ1n) is 5.72. The normalized spacial score (nSPS) is 35.8. The van der Waals surface area contributed by atoms with Gasteiger partial charge in [-0.2, -0.15) is 0 Å². The van der Waals surface area contributed by atoms with Gasteiger partial charge in [0.1, 0.15) is 0 Å². The Morgan fingerprint density at radius 1 is 1.08 bits per heavy atom. The minimum atomic E-state index is 0.970. The Hall–Kier alpha value is 0.690. The van der Waals surface area contributed by atoms with Gasteiger partial charge in [-0.15, -0.1) is 0 Å². The molecule has 1 saturated carbocycles. The van der Waals surface area contributed by atoms with Crippen molar-refractivity contribution >= 4 is 22.6 Å². The van der Waals surface area contributed by atoms with Crippen LogP contribution in [-0.2, 0) is 0 Å². The summed E-state index contributed by atoms with van der Waals surface area (Å²) < 4.78 is 1.31. The first kappa shape index (κ1) is 10.2. The van der Waals surface area contributed by atoms with Gasteiger partial charge >= 0.3 is 0 Å². The van der Waals surface area contributed by atoms with Crippen LogP contribution in [0.1, 0.15) is 38.5 Å². The molecule has 0 aromatic heterocycles. The summed E-state index contributed by atoms with van der Waals surface area (Å²) in [5.74, 6) is 1.06. The molecule has 2 unspecified atom stereocenters. The molecule has 1 nitrogen and oxygen atoms in total. The third kappa shape index (κ3) is 2.38. The van der Waals surface area contributed by atoms with E-state index in [1.165, 1.54) is 56.0 Å². The number of hydrogen-bond donors (Lipinski definition) is 0. The smallest absolute Gasteiger partial charge is 0.0124 e. The standard InChI is InChI=1S/C11H20IN/c12-7-9-13-8-3-5-10-4-1-2-6-11(10)13/h10-11H,1-9H2. The van der Waals surface area contributed by atoms with E-state index >= 15 is 0 Å². The Morgan fingerprint density at radius 2 is 1.85 bits per heavy atom. The minimum Gasteiger partial charge on any atom is -0.299 e. The van der Waals surface area contributed by atoms with Crippen molar-refractivity contribution in [1.29, 1.82) is 0 Å². The summed E-state index contributed by atoms with van der Waals surface area (Å²) in [6.45, 7) is 2.71. The van der Waals surface area contributed by atoms with Crippen molar-refractivity contribution in [1.82, 2.24) is 4.90 Å². The summed E-state index contributed by atoms with van der Waals surface area (Å²) in [6.07, 6.45) is 8.96. The zero-order chi connectivity index (χ0) is 9.10. The summed E-state index contributed by atoms with van der Waals surface area (Å²) >= 11 is 2.51. The molecule has 1 heterocycles. The number of alkyl halides is 1. The molecule has 76 valence electrons. The van der Waals surface area contributed by atoms with E-state index in [1.54, 1.807) is 0 Å². The van der Waals surface area contributed by atoms with Gasteiger partial charge in [0.2, 0.25) is 0 Å². The van der Waals surface area contributed by atoms with Gasteiger partial charge in [0.25, 0.3) is 0 Å². The zero-order valence-corrected chi connectivity index (χ0v) is 10.5. The van der Waals surface area contributed by atoms with E-state index in [0.29, 0.717) is 0 Å². The molecule has 0 radical (unpaired) electrons. The van der Waals surface area contributed by atoms with Gasteiger partial charge in [-0.25, -0.2) is 0 Å². The SMILES string of the molecule is ICCN1CCCC2CCCCC21. The lowest BCUT2D eigenvalue weighted by Gasteiger charge is -2.44. The number of nitrogens with zero attached hydrogens (tertiary/aromatic N) is 1. The maximum absolute atomic E-state index is 2.76. The zero-order valence-electron chi connectivity index (χ0n) is 8.34. The Balaban J connectivity index is 1.94. The van der Waals surface area contributed by atoms with Crippen molar-refractivity contribution in [3.63, 3.8) is 0 Å². The summed E-state index contributed by atoms with van der Waals surface area (Å²) in [6, 6.07) is 0.970. The second-order valence-corrected chi connectivity index (χ2v) is 5.56. The molecule has 2 aliphatic rings. The third-order valence-corrected chi connectivity index (χ3v) is 4.21. The fourth-order valence-electron chi connectivity index (χ4n) is 3.11. The largest absolute Gasteiger partial charge is 0.299 e. The number of piperidine rings is 1.